The molecule has 0 aliphatic heterocycles. The summed E-state index contributed by atoms with van der Waals surface area (Å²) in [5.74, 6) is 0.895. The van der Waals surface area contributed by atoms with Crippen LogP contribution in [0.1, 0.15) is 11.1 Å². The van der Waals surface area contributed by atoms with E-state index in [1.165, 1.54) is 22.3 Å². The van der Waals surface area contributed by atoms with Crippen LogP contribution in [0.2, 0.25) is 0 Å². The summed E-state index contributed by atoms with van der Waals surface area (Å²) in [5, 5.41) is 2.03. The molecule has 0 aliphatic rings. The summed E-state index contributed by atoms with van der Waals surface area (Å²) >= 11 is 0. The minimum Gasteiger partial charge on any atom is -0.438 e. The van der Waals surface area contributed by atoms with E-state index in [1.54, 1.807) is 6.20 Å². The number of aromatic nitrogens is 3. The number of benzene rings is 4. The Labute approximate surface area is 208 Å². The number of nitrogens with zero attached hydrogens (tertiary/aromatic N) is 3. The summed E-state index contributed by atoms with van der Waals surface area (Å²) in [6.07, 6.45) is 1.76. The van der Waals surface area contributed by atoms with Gasteiger partial charge in [-0.25, -0.2) is 9.97 Å². The number of rotatable bonds is 3. The van der Waals surface area contributed by atoms with Gasteiger partial charge >= 0.3 is 0 Å². The average molecular weight is 466 g/mol. The summed E-state index contributed by atoms with van der Waals surface area (Å²) in [4.78, 5) is 9.61. The van der Waals surface area contributed by atoms with Crippen molar-refractivity contribution in [3.63, 3.8) is 0 Å². The minimum absolute atomic E-state index is 0.641. The van der Waals surface area contributed by atoms with E-state index >= 15 is 0 Å². The van der Waals surface area contributed by atoms with E-state index in [0.29, 0.717) is 5.71 Å². The SMILES string of the molecule is Cc1cc(-c2ccccc2)cc(C)c1-n1c(-c2cccc3oc4ncccc4c23)nc2ccccc21. The number of hydrogen-bond acceptors (Lipinski definition) is 3. The summed E-state index contributed by atoms with van der Waals surface area (Å²) < 4.78 is 8.40. The van der Waals surface area contributed by atoms with Gasteiger partial charge in [0, 0.05) is 22.5 Å². The maximum Gasteiger partial charge on any atom is 0.227 e. The predicted octanol–water partition coefficient (Wildman–Crippen LogP) is 8.27. The van der Waals surface area contributed by atoms with Crippen molar-refractivity contribution in [2.24, 2.45) is 0 Å². The molecule has 0 atom stereocenters. The molecule has 0 saturated heterocycles. The van der Waals surface area contributed by atoms with E-state index in [9.17, 15) is 0 Å². The first-order chi connectivity index (χ1) is 17.7. The highest BCUT2D eigenvalue weighted by Gasteiger charge is 2.21. The van der Waals surface area contributed by atoms with Crippen LogP contribution in [0, 0.1) is 13.8 Å². The van der Waals surface area contributed by atoms with Gasteiger partial charge in [0.2, 0.25) is 5.71 Å². The lowest BCUT2D eigenvalue weighted by Gasteiger charge is -2.17. The first-order valence-electron chi connectivity index (χ1n) is 12.1. The average Bonchev–Trinajstić information content (AvgIpc) is 3.48. The van der Waals surface area contributed by atoms with Crippen LogP contribution in [0.5, 0.6) is 0 Å². The Kier molecular flexibility index (Phi) is 4.55. The molecule has 0 bridgehead atoms. The molecule has 7 aromatic rings. The Balaban J connectivity index is 1.55. The van der Waals surface area contributed by atoms with Crippen LogP contribution in [0.4, 0.5) is 0 Å². The lowest BCUT2D eigenvalue weighted by atomic mass is 9.98. The lowest BCUT2D eigenvalue weighted by Crippen LogP contribution is -2.03. The van der Waals surface area contributed by atoms with Crippen molar-refractivity contribution >= 4 is 33.1 Å². The van der Waals surface area contributed by atoms with Gasteiger partial charge in [0.1, 0.15) is 11.4 Å². The zero-order valence-corrected chi connectivity index (χ0v) is 20.1. The van der Waals surface area contributed by atoms with E-state index in [-0.39, 0.29) is 0 Å². The van der Waals surface area contributed by atoms with Gasteiger partial charge in [-0.3, -0.25) is 4.57 Å². The summed E-state index contributed by atoms with van der Waals surface area (Å²) in [6, 6.07) is 33.6. The summed E-state index contributed by atoms with van der Waals surface area (Å²) in [7, 11) is 0. The second-order valence-corrected chi connectivity index (χ2v) is 9.22. The van der Waals surface area contributed by atoms with E-state index in [2.05, 4.69) is 96.2 Å². The van der Waals surface area contributed by atoms with Gasteiger partial charge < -0.3 is 4.42 Å². The molecule has 36 heavy (non-hydrogen) atoms. The van der Waals surface area contributed by atoms with Crippen molar-refractivity contribution in [2.45, 2.75) is 13.8 Å². The van der Waals surface area contributed by atoms with Gasteiger partial charge in [0.05, 0.1) is 16.7 Å². The van der Waals surface area contributed by atoms with Crippen LogP contribution in [-0.2, 0) is 0 Å². The first-order valence-corrected chi connectivity index (χ1v) is 12.1. The Morgan fingerprint density at radius 1 is 0.722 bits per heavy atom. The Bertz CT molecular complexity index is 1890. The second kappa shape index (κ2) is 7.92. The van der Waals surface area contributed by atoms with Gasteiger partial charge in [-0.2, -0.15) is 0 Å². The van der Waals surface area contributed by atoms with Gasteiger partial charge in [-0.05, 0) is 78.6 Å². The predicted molar refractivity (Wildman–Crippen MR) is 146 cm³/mol. The molecule has 3 heterocycles. The molecular weight excluding hydrogens is 442 g/mol. The topological polar surface area (TPSA) is 43.9 Å². The third-order valence-corrected chi connectivity index (χ3v) is 6.90. The number of para-hydroxylation sites is 2. The highest BCUT2D eigenvalue weighted by atomic mass is 16.3. The fraction of sp³-hybridized carbons (Fsp3) is 0.0625. The third-order valence-electron chi connectivity index (χ3n) is 6.90. The molecule has 172 valence electrons. The number of furan rings is 1. The lowest BCUT2D eigenvalue weighted by molar-refractivity contribution is 0.654. The van der Waals surface area contributed by atoms with Crippen LogP contribution in [-0.4, -0.2) is 14.5 Å². The molecule has 4 heteroatoms. The second-order valence-electron chi connectivity index (χ2n) is 9.22. The Morgan fingerprint density at radius 2 is 1.50 bits per heavy atom. The molecule has 3 aromatic heterocycles. The fourth-order valence-corrected chi connectivity index (χ4v) is 5.39. The monoisotopic (exact) mass is 465 g/mol. The summed E-state index contributed by atoms with van der Waals surface area (Å²) in [5.41, 5.74) is 10.5. The molecule has 0 amide bonds. The zero-order chi connectivity index (χ0) is 24.2. The van der Waals surface area contributed by atoms with E-state index in [0.717, 1.165) is 44.5 Å². The maximum absolute atomic E-state index is 6.10. The molecule has 0 saturated carbocycles. The number of hydrogen-bond donors (Lipinski definition) is 0. The van der Waals surface area contributed by atoms with E-state index < -0.39 is 0 Å². The molecule has 0 unspecified atom stereocenters. The molecular formula is C32H23N3O. The highest BCUT2D eigenvalue weighted by Crippen LogP contribution is 2.39. The van der Waals surface area contributed by atoms with Gasteiger partial charge in [-0.1, -0.05) is 54.6 Å². The van der Waals surface area contributed by atoms with Gasteiger partial charge in [0.25, 0.3) is 0 Å². The van der Waals surface area contributed by atoms with Crippen molar-refractivity contribution < 1.29 is 4.42 Å². The zero-order valence-electron chi connectivity index (χ0n) is 20.1. The molecule has 4 aromatic carbocycles. The van der Waals surface area contributed by atoms with Crippen LogP contribution in [0.25, 0.3) is 61.3 Å². The minimum atomic E-state index is 0.641. The maximum atomic E-state index is 6.10. The standard InChI is InChI=1S/C32H23N3O/c1-20-18-23(22-10-4-3-5-11-22)19-21(2)30(20)35-27-15-7-6-14-26(27)34-31(35)24-12-8-16-28-29(24)25-13-9-17-33-32(25)36-28/h3-19H,1-2H3. The Morgan fingerprint density at radius 3 is 2.33 bits per heavy atom. The van der Waals surface area contributed by atoms with Crippen LogP contribution < -0.4 is 0 Å². The molecule has 4 nitrogen and oxygen atoms in total. The fourth-order valence-electron chi connectivity index (χ4n) is 5.39. The normalized spacial score (nSPS) is 11.6. The van der Waals surface area contributed by atoms with Crippen molar-refractivity contribution in [3.05, 3.63) is 114 Å². The van der Waals surface area contributed by atoms with Crippen LogP contribution in [0.3, 0.4) is 0 Å². The number of pyridine rings is 1. The Hall–Kier alpha value is -4.70. The van der Waals surface area contributed by atoms with Crippen molar-refractivity contribution in [2.75, 3.05) is 0 Å². The van der Waals surface area contributed by atoms with Gasteiger partial charge in [0.15, 0.2) is 0 Å². The van der Waals surface area contributed by atoms with Crippen molar-refractivity contribution in [3.8, 4) is 28.2 Å². The smallest absolute Gasteiger partial charge is 0.227 e. The van der Waals surface area contributed by atoms with Crippen molar-refractivity contribution in [1.29, 1.82) is 0 Å². The first kappa shape index (κ1) is 20.7. The van der Waals surface area contributed by atoms with Crippen LogP contribution >= 0.6 is 0 Å². The molecule has 7 rings (SSSR count). The molecule has 0 aliphatic carbocycles. The number of aryl methyl sites for hydroxylation is 2. The number of imidazole rings is 1. The van der Waals surface area contributed by atoms with Crippen molar-refractivity contribution in [1.82, 2.24) is 14.5 Å². The largest absolute Gasteiger partial charge is 0.438 e. The molecule has 0 spiro atoms. The molecule has 0 N–H and O–H groups in total. The molecule has 0 fully saturated rings. The molecule has 0 radical (unpaired) electrons. The highest BCUT2D eigenvalue weighted by molar-refractivity contribution is 6.11. The van der Waals surface area contributed by atoms with Gasteiger partial charge in [-0.15, -0.1) is 0 Å². The third kappa shape index (κ3) is 3.08. The van der Waals surface area contributed by atoms with E-state index in [4.69, 9.17) is 9.40 Å². The summed E-state index contributed by atoms with van der Waals surface area (Å²) in [6.45, 7) is 4.37. The van der Waals surface area contributed by atoms with Crippen LogP contribution in [0.15, 0.2) is 108 Å². The van der Waals surface area contributed by atoms with E-state index in [1.807, 2.05) is 24.3 Å². The number of fused-ring (bicyclic) bond motifs is 4. The quantitative estimate of drug-likeness (QED) is 0.264.